The first-order chi connectivity index (χ1) is 10.5. The van der Waals surface area contributed by atoms with E-state index in [9.17, 15) is 9.18 Å². The van der Waals surface area contributed by atoms with Crippen LogP contribution < -0.4 is 11.3 Å². The Kier molecular flexibility index (Phi) is 3.54. The minimum Gasteiger partial charge on any atom is -0.384 e. The normalized spacial score (nSPS) is 11.0. The Hall–Kier alpha value is -2.47. The Morgan fingerprint density at radius 3 is 2.77 bits per heavy atom. The fraction of sp³-hybridized carbons (Fsp3) is 0.133. The van der Waals surface area contributed by atoms with Gasteiger partial charge in [-0.15, -0.1) is 0 Å². The van der Waals surface area contributed by atoms with Crippen LogP contribution in [0.25, 0.3) is 16.6 Å². The van der Waals surface area contributed by atoms with Gasteiger partial charge in [0.05, 0.1) is 27.8 Å². The van der Waals surface area contributed by atoms with Crippen molar-refractivity contribution in [2.75, 3.05) is 5.73 Å². The van der Waals surface area contributed by atoms with Crippen LogP contribution in [-0.2, 0) is 6.42 Å². The van der Waals surface area contributed by atoms with Crippen LogP contribution >= 0.6 is 11.6 Å². The zero-order valence-electron chi connectivity index (χ0n) is 11.7. The number of hydrogen-bond acceptors (Lipinski definition) is 4. The molecular formula is C15H12ClFN4O. The van der Waals surface area contributed by atoms with E-state index < -0.39 is 11.4 Å². The minimum atomic E-state index is -0.581. The maximum Gasteiger partial charge on any atom is 0.266 e. The Bertz CT molecular complexity index is 921. The first kappa shape index (κ1) is 14.5. The van der Waals surface area contributed by atoms with Gasteiger partial charge in [0.1, 0.15) is 17.5 Å². The van der Waals surface area contributed by atoms with E-state index in [0.29, 0.717) is 29.3 Å². The predicted molar refractivity (Wildman–Crippen MR) is 83.9 cm³/mol. The van der Waals surface area contributed by atoms with E-state index in [2.05, 4.69) is 9.97 Å². The number of aromatic nitrogens is 3. The van der Waals surface area contributed by atoms with Crippen LogP contribution in [0.5, 0.6) is 0 Å². The van der Waals surface area contributed by atoms with E-state index in [1.54, 1.807) is 12.1 Å². The Morgan fingerprint density at radius 2 is 2.14 bits per heavy atom. The lowest BCUT2D eigenvalue weighted by atomic mass is 10.2. The summed E-state index contributed by atoms with van der Waals surface area (Å²) in [7, 11) is 0. The Labute approximate surface area is 130 Å². The number of halogens is 2. The van der Waals surface area contributed by atoms with E-state index >= 15 is 0 Å². The topological polar surface area (TPSA) is 73.8 Å². The maximum atomic E-state index is 13.6. The van der Waals surface area contributed by atoms with Crippen molar-refractivity contribution in [2.45, 2.75) is 13.3 Å². The van der Waals surface area contributed by atoms with Gasteiger partial charge < -0.3 is 5.73 Å². The molecule has 0 aliphatic rings. The molecule has 0 spiro atoms. The molecule has 7 heteroatoms. The molecule has 112 valence electrons. The lowest BCUT2D eigenvalue weighted by Gasteiger charge is -2.13. The lowest BCUT2D eigenvalue weighted by molar-refractivity contribution is 0.629. The van der Waals surface area contributed by atoms with Crippen LogP contribution in [0.2, 0.25) is 5.02 Å². The van der Waals surface area contributed by atoms with Crippen molar-refractivity contribution >= 4 is 28.3 Å². The number of anilines is 1. The summed E-state index contributed by atoms with van der Waals surface area (Å²) >= 11 is 6.00. The molecule has 0 amide bonds. The van der Waals surface area contributed by atoms with E-state index in [0.717, 1.165) is 12.1 Å². The Balaban J connectivity index is 2.41. The smallest absolute Gasteiger partial charge is 0.266 e. The molecule has 0 unspecified atom stereocenters. The number of fused-ring (bicyclic) bond motifs is 1. The molecule has 0 aliphatic carbocycles. The van der Waals surface area contributed by atoms with E-state index in [4.69, 9.17) is 17.3 Å². The number of pyridine rings is 1. The van der Waals surface area contributed by atoms with Gasteiger partial charge in [-0.05, 0) is 24.3 Å². The molecule has 0 atom stereocenters. The summed E-state index contributed by atoms with van der Waals surface area (Å²) in [5.74, 6) is 0.276. The molecule has 2 aromatic heterocycles. The van der Waals surface area contributed by atoms with Crippen molar-refractivity contribution in [1.82, 2.24) is 14.5 Å². The van der Waals surface area contributed by atoms with Gasteiger partial charge in [0.15, 0.2) is 0 Å². The lowest BCUT2D eigenvalue weighted by Crippen LogP contribution is -2.24. The SMILES string of the molecule is CCc1nc2c(Cl)cc(F)cc2c(=O)n1-c1ccc(N)nc1. The van der Waals surface area contributed by atoms with E-state index in [1.165, 1.54) is 10.8 Å². The van der Waals surface area contributed by atoms with E-state index in [1.807, 2.05) is 6.92 Å². The summed E-state index contributed by atoms with van der Waals surface area (Å²) in [6.45, 7) is 1.87. The molecule has 22 heavy (non-hydrogen) atoms. The van der Waals surface area contributed by atoms with Gasteiger partial charge in [-0.25, -0.2) is 14.4 Å². The van der Waals surface area contributed by atoms with Gasteiger partial charge in [-0.3, -0.25) is 9.36 Å². The number of nitrogen functional groups attached to an aromatic ring is 1. The van der Waals surface area contributed by atoms with Crippen molar-refractivity contribution < 1.29 is 4.39 Å². The first-order valence-electron chi connectivity index (χ1n) is 6.64. The molecule has 1 aromatic carbocycles. The highest BCUT2D eigenvalue weighted by atomic mass is 35.5. The Morgan fingerprint density at radius 1 is 1.36 bits per heavy atom. The molecule has 0 radical (unpaired) electrons. The molecule has 0 saturated heterocycles. The standard InChI is InChI=1S/C15H12ClFN4O/c1-2-13-20-14-10(5-8(17)6-11(14)16)15(22)21(13)9-3-4-12(18)19-7-9/h3-7H,2H2,1H3,(H2,18,19). The summed E-state index contributed by atoms with van der Waals surface area (Å²) in [5.41, 5.74) is 5.98. The number of benzene rings is 1. The second kappa shape index (κ2) is 5.38. The highest BCUT2D eigenvalue weighted by Crippen LogP contribution is 2.22. The molecule has 2 N–H and O–H groups in total. The molecule has 5 nitrogen and oxygen atoms in total. The van der Waals surface area contributed by atoms with Gasteiger partial charge in [0.2, 0.25) is 0 Å². The van der Waals surface area contributed by atoms with Gasteiger partial charge in [0, 0.05) is 6.42 Å². The monoisotopic (exact) mass is 318 g/mol. The molecule has 0 saturated carbocycles. The molecule has 0 aliphatic heterocycles. The fourth-order valence-electron chi connectivity index (χ4n) is 2.29. The van der Waals surface area contributed by atoms with Gasteiger partial charge in [0.25, 0.3) is 5.56 Å². The van der Waals surface area contributed by atoms with Crippen LogP contribution in [0.1, 0.15) is 12.7 Å². The van der Waals surface area contributed by atoms with Gasteiger partial charge >= 0.3 is 0 Å². The van der Waals surface area contributed by atoms with Crippen LogP contribution in [-0.4, -0.2) is 14.5 Å². The van der Waals surface area contributed by atoms with Crippen molar-refractivity contribution in [1.29, 1.82) is 0 Å². The first-order valence-corrected chi connectivity index (χ1v) is 7.01. The van der Waals surface area contributed by atoms with Crippen molar-refractivity contribution in [3.8, 4) is 5.69 Å². The summed E-state index contributed by atoms with van der Waals surface area (Å²) in [4.78, 5) is 21.1. The predicted octanol–water partition coefficient (Wildman–Crippen LogP) is 2.72. The number of nitrogens with two attached hydrogens (primary N) is 1. The minimum absolute atomic E-state index is 0.115. The highest BCUT2D eigenvalue weighted by Gasteiger charge is 2.15. The van der Waals surface area contributed by atoms with Crippen LogP contribution in [0.4, 0.5) is 10.2 Å². The van der Waals surface area contributed by atoms with Crippen LogP contribution in [0, 0.1) is 5.82 Å². The molecule has 2 heterocycles. The van der Waals surface area contributed by atoms with Crippen molar-refractivity contribution in [3.05, 3.63) is 57.5 Å². The number of hydrogen-bond donors (Lipinski definition) is 1. The van der Waals surface area contributed by atoms with Crippen LogP contribution in [0.15, 0.2) is 35.3 Å². The number of aryl methyl sites for hydroxylation is 1. The maximum absolute atomic E-state index is 13.6. The van der Waals surface area contributed by atoms with Gasteiger partial charge in [-0.2, -0.15) is 0 Å². The average molecular weight is 319 g/mol. The number of rotatable bonds is 2. The second-order valence-electron chi connectivity index (χ2n) is 4.75. The third-order valence-electron chi connectivity index (χ3n) is 3.31. The van der Waals surface area contributed by atoms with Gasteiger partial charge in [-0.1, -0.05) is 18.5 Å². The van der Waals surface area contributed by atoms with Crippen molar-refractivity contribution in [2.24, 2.45) is 0 Å². The molecular weight excluding hydrogens is 307 g/mol. The highest BCUT2D eigenvalue weighted by molar-refractivity contribution is 6.35. The third-order valence-corrected chi connectivity index (χ3v) is 3.59. The molecule has 3 aromatic rings. The molecule has 3 rings (SSSR count). The summed E-state index contributed by atoms with van der Waals surface area (Å²) in [5, 5.41) is 0.239. The summed E-state index contributed by atoms with van der Waals surface area (Å²) in [6.07, 6.45) is 1.98. The fourth-order valence-corrected chi connectivity index (χ4v) is 2.54. The third kappa shape index (κ3) is 2.31. The largest absolute Gasteiger partial charge is 0.384 e. The second-order valence-corrected chi connectivity index (χ2v) is 5.15. The summed E-state index contributed by atoms with van der Waals surface area (Å²) < 4.78 is 15.0. The molecule has 0 bridgehead atoms. The zero-order chi connectivity index (χ0) is 15.9. The zero-order valence-corrected chi connectivity index (χ0v) is 12.4. The number of nitrogens with zero attached hydrogens (tertiary/aromatic N) is 3. The summed E-state index contributed by atoms with van der Waals surface area (Å²) in [6, 6.07) is 5.53. The average Bonchev–Trinajstić information content (AvgIpc) is 2.49. The quantitative estimate of drug-likeness (QED) is 0.788. The van der Waals surface area contributed by atoms with Crippen LogP contribution in [0.3, 0.4) is 0 Å². The molecule has 0 fully saturated rings. The van der Waals surface area contributed by atoms with E-state index in [-0.39, 0.29) is 10.4 Å². The van der Waals surface area contributed by atoms with Crippen molar-refractivity contribution in [3.63, 3.8) is 0 Å².